The molecule has 4 aromatic carbocycles. The number of ether oxygens (including phenoxy) is 2. The van der Waals surface area contributed by atoms with Gasteiger partial charge in [0, 0.05) is 17.2 Å². The van der Waals surface area contributed by atoms with Gasteiger partial charge in [-0.15, -0.1) is 28.8 Å². The summed E-state index contributed by atoms with van der Waals surface area (Å²) in [5, 5.41) is 18.4. The molecule has 0 fully saturated rings. The van der Waals surface area contributed by atoms with Gasteiger partial charge in [0.1, 0.15) is 23.8 Å². The summed E-state index contributed by atoms with van der Waals surface area (Å²) in [6.45, 7) is 6.41. The predicted molar refractivity (Wildman–Crippen MR) is 202 cm³/mol. The summed E-state index contributed by atoms with van der Waals surface area (Å²) in [5.74, 6) is 2.05. The van der Waals surface area contributed by atoms with E-state index in [1.807, 2.05) is 29.8 Å². The summed E-state index contributed by atoms with van der Waals surface area (Å²) in [5.41, 5.74) is 8.46. The monoisotopic (exact) mass is 697 g/mol. The van der Waals surface area contributed by atoms with Crippen LogP contribution in [-0.4, -0.2) is 40.1 Å². The van der Waals surface area contributed by atoms with Gasteiger partial charge in [0.2, 0.25) is 0 Å². The fraction of sp³-hybridized carbons (Fsp3) is 0.308. The van der Waals surface area contributed by atoms with E-state index in [0.29, 0.717) is 36.2 Å². The molecule has 0 aliphatic heterocycles. The van der Waals surface area contributed by atoms with Crippen LogP contribution in [0.2, 0.25) is 0 Å². The van der Waals surface area contributed by atoms with Gasteiger partial charge in [-0.2, -0.15) is 0 Å². The first-order valence-electron chi connectivity index (χ1n) is 16.7. The second kappa shape index (κ2) is 17.3. The Kier molecular flexibility index (Phi) is 12.6. The lowest BCUT2D eigenvalue weighted by Gasteiger charge is -2.20. The minimum atomic E-state index is -0.103. The third-order valence-electron chi connectivity index (χ3n) is 8.44. The Morgan fingerprint density at radius 2 is 1.53 bits per heavy atom. The molecule has 3 N–H and O–H groups in total. The summed E-state index contributed by atoms with van der Waals surface area (Å²) < 4.78 is 14.9. The van der Waals surface area contributed by atoms with Crippen LogP contribution in [-0.2, 0) is 13.2 Å². The quantitative estimate of drug-likeness (QED) is 0.0981. The van der Waals surface area contributed by atoms with Gasteiger partial charge in [-0.1, -0.05) is 92.2 Å². The Hall–Kier alpha value is -4.44. The van der Waals surface area contributed by atoms with Crippen molar-refractivity contribution < 1.29 is 14.3 Å². The first-order chi connectivity index (χ1) is 23.5. The summed E-state index contributed by atoms with van der Waals surface area (Å²) in [4.78, 5) is 13.5. The lowest BCUT2D eigenvalue weighted by molar-refractivity contribution is 0.0933. The second-order valence-electron chi connectivity index (χ2n) is 12.5. The summed E-state index contributed by atoms with van der Waals surface area (Å²) in [7, 11) is 0. The molecule has 0 radical (unpaired) electrons. The van der Waals surface area contributed by atoms with E-state index >= 15 is 0 Å². The number of hydrogen-bond donors (Lipinski definition) is 2. The highest BCUT2D eigenvalue weighted by Crippen LogP contribution is 2.45. The van der Waals surface area contributed by atoms with Crippen LogP contribution in [0.15, 0.2) is 96.5 Å². The minimum Gasteiger partial charge on any atom is -0.493 e. The number of amides is 1. The van der Waals surface area contributed by atoms with Gasteiger partial charge in [0.05, 0.1) is 24.2 Å². The van der Waals surface area contributed by atoms with Crippen LogP contribution in [0, 0.1) is 5.92 Å². The molecule has 6 rings (SSSR count). The second-order valence-corrected chi connectivity index (χ2v) is 13.5. The van der Waals surface area contributed by atoms with Crippen molar-refractivity contribution in [1.29, 1.82) is 0 Å². The summed E-state index contributed by atoms with van der Waals surface area (Å²) in [6.07, 6.45) is 5.47. The highest BCUT2D eigenvalue weighted by Gasteiger charge is 2.20. The summed E-state index contributed by atoms with van der Waals surface area (Å²) in [6, 6.07) is 28.8. The van der Waals surface area contributed by atoms with Crippen LogP contribution in [0.3, 0.4) is 0 Å². The van der Waals surface area contributed by atoms with E-state index in [-0.39, 0.29) is 31.0 Å². The number of nitrogens with two attached hydrogens (primary N) is 1. The van der Waals surface area contributed by atoms with Gasteiger partial charge in [0.25, 0.3) is 5.91 Å². The number of thiophene rings is 1. The SMILES string of the molecule is CC(C)CCOc1ccc2ccccc2c1-c1c(OCc2cn(C[C@@H](CCCCN)NC(=O)c3cccs3)nn2)ccc2ccccc12.Cl. The highest BCUT2D eigenvalue weighted by molar-refractivity contribution is 7.12. The number of aromatic nitrogens is 3. The number of carbonyl (C=O) groups excluding carboxylic acids is 1. The van der Waals surface area contributed by atoms with Crippen molar-refractivity contribution >= 4 is 51.2 Å². The molecule has 256 valence electrons. The van der Waals surface area contributed by atoms with E-state index in [2.05, 4.69) is 96.2 Å². The van der Waals surface area contributed by atoms with Gasteiger partial charge < -0.3 is 20.5 Å². The number of rotatable bonds is 16. The minimum absolute atomic E-state index is 0. The first kappa shape index (κ1) is 35.9. The Bertz CT molecular complexity index is 1960. The molecular weight excluding hydrogens is 654 g/mol. The number of carbonyl (C=O) groups is 1. The first-order valence-corrected chi connectivity index (χ1v) is 17.6. The average Bonchev–Trinajstić information content (AvgIpc) is 3.80. The third kappa shape index (κ3) is 8.97. The van der Waals surface area contributed by atoms with Crippen LogP contribution >= 0.6 is 23.7 Å². The van der Waals surface area contributed by atoms with E-state index in [1.54, 1.807) is 4.68 Å². The molecule has 8 nitrogen and oxygen atoms in total. The van der Waals surface area contributed by atoms with Crippen LogP contribution in [0.1, 0.15) is 54.9 Å². The van der Waals surface area contributed by atoms with Crippen LogP contribution < -0.4 is 20.5 Å². The topological polar surface area (TPSA) is 104 Å². The Morgan fingerprint density at radius 3 is 2.16 bits per heavy atom. The van der Waals surface area contributed by atoms with Crippen molar-refractivity contribution in [3.63, 3.8) is 0 Å². The lowest BCUT2D eigenvalue weighted by atomic mass is 9.92. The van der Waals surface area contributed by atoms with Crippen molar-refractivity contribution in [3.8, 4) is 22.6 Å². The Balaban J connectivity index is 0.00000468. The number of benzene rings is 4. The Labute approximate surface area is 298 Å². The number of fused-ring (bicyclic) bond motifs is 2. The van der Waals surface area contributed by atoms with Gasteiger partial charge in [-0.25, -0.2) is 0 Å². The summed E-state index contributed by atoms with van der Waals surface area (Å²) >= 11 is 1.43. The van der Waals surface area contributed by atoms with Crippen LogP contribution in [0.25, 0.3) is 32.7 Å². The molecule has 6 aromatic rings. The van der Waals surface area contributed by atoms with E-state index in [0.717, 1.165) is 69.9 Å². The van der Waals surface area contributed by atoms with E-state index < -0.39 is 0 Å². The molecule has 1 amide bonds. The maximum atomic E-state index is 12.8. The van der Waals surface area contributed by atoms with E-state index in [1.165, 1.54) is 11.3 Å². The van der Waals surface area contributed by atoms with Crippen LogP contribution in [0.5, 0.6) is 11.5 Å². The number of hydrogen-bond acceptors (Lipinski definition) is 7. The molecule has 0 aliphatic rings. The number of nitrogens with zero attached hydrogens (tertiary/aromatic N) is 3. The molecule has 0 unspecified atom stereocenters. The molecule has 2 heterocycles. The smallest absolute Gasteiger partial charge is 0.261 e. The molecule has 0 saturated heterocycles. The Morgan fingerprint density at radius 1 is 0.857 bits per heavy atom. The maximum absolute atomic E-state index is 12.8. The zero-order valence-electron chi connectivity index (χ0n) is 28.0. The lowest BCUT2D eigenvalue weighted by Crippen LogP contribution is -2.38. The predicted octanol–water partition coefficient (Wildman–Crippen LogP) is 8.67. The maximum Gasteiger partial charge on any atom is 0.261 e. The molecule has 0 aliphatic carbocycles. The van der Waals surface area contributed by atoms with Crippen molar-refractivity contribution in [1.82, 2.24) is 20.3 Å². The van der Waals surface area contributed by atoms with Gasteiger partial charge in [-0.05, 0) is 76.8 Å². The normalized spacial score (nSPS) is 11.8. The molecule has 49 heavy (non-hydrogen) atoms. The number of nitrogens with one attached hydrogen (secondary N) is 1. The molecule has 0 spiro atoms. The fourth-order valence-corrected chi connectivity index (χ4v) is 6.57. The van der Waals surface area contributed by atoms with Gasteiger partial charge in [0.15, 0.2) is 0 Å². The molecule has 10 heteroatoms. The zero-order valence-corrected chi connectivity index (χ0v) is 29.6. The molecule has 1 atom stereocenters. The van der Waals surface area contributed by atoms with Crippen LogP contribution in [0.4, 0.5) is 0 Å². The zero-order chi connectivity index (χ0) is 33.3. The van der Waals surface area contributed by atoms with E-state index in [4.69, 9.17) is 15.2 Å². The van der Waals surface area contributed by atoms with Gasteiger partial charge in [-0.3, -0.25) is 9.48 Å². The fourth-order valence-electron chi connectivity index (χ4n) is 5.94. The van der Waals surface area contributed by atoms with Crippen molar-refractivity contribution in [2.45, 2.75) is 58.7 Å². The van der Waals surface area contributed by atoms with Gasteiger partial charge >= 0.3 is 0 Å². The number of unbranched alkanes of at least 4 members (excludes halogenated alkanes) is 1. The largest absolute Gasteiger partial charge is 0.493 e. The average molecular weight is 698 g/mol. The molecule has 0 saturated carbocycles. The highest BCUT2D eigenvalue weighted by atomic mass is 35.5. The third-order valence-corrected chi connectivity index (χ3v) is 9.31. The molecule has 2 aromatic heterocycles. The molecular formula is C39H44ClN5O3S. The molecule has 0 bridgehead atoms. The van der Waals surface area contributed by atoms with Crippen molar-refractivity contribution in [2.75, 3.05) is 13.2 Å². The van der Waals surface area contributed by atoms with Crippen molar-refractivity contribution in [2.24, 2.45) is 11.7 Å². The van der Waals surface area contributed by atoms with E-state index in [9.17, 15) is 4.79 Å². The number of halogens is 1. The standard InChI is InChI=1S/C39H43N5O3S.ClH/c1-27(2)20-22-46-34-18-16-28-10-3-5-13-32(28)37(34)38-33-14-6-4-11-29(33)17-19-35(38)47-26-31-25-44(43-42-31)24-30(12-7-8-21-40)41-39(45)36-15-9-23-48-36;/h3-6,9-11,13-19,23,25,27,30H,7-8,12,20-22,24,26,40H2,1-2H3,(H,41,45);1H/t30-;/m1./s1. The van der Waals surface area contributed by atoms with Crippen molar-refractivity contribution in [3.05, 3.63) is 107 Å².